The Labute approximate surface area is 156 Å². The zero-order chi connectivity index (χ0) is 19.6. The number of anilines is 3. The Bertz CT molecular complexity index is 788. The summed E-state index contributed by atoms with van der Waals surface area (Å²) in [5.74, 6) is -0.663. The molecule has 0 heterocycles. The molecular weight excluding hydrogens is 350 g/mol. The van der Waals surface area contributed by atoms with Crippen LogP contribution in [0.5, 0.6) is 0 Å². The maximum atomic E-state index is 12.3. The molecule has 2 amide bonds. The second-order valence-electron chi connectivity index (χ2n) is 5.38. The molecule has 8 nitrogen and oxygen atoms in total. The minimum absolute atomic E-state index is 0.273. The van der Waals surface area contributed by atoms with Crippen LogP contribution < -0.4 is 16.1 Å². The smallest absolute Gasteiger partial charge is 0.411 e. The van der Waals surface area contributed by atoms with Gasteiger partial charge in [0.2, 0.25) is 0 Å². The van der Waals surface area contributed by atoms with Crippen LogP contribution in [0, 0.1) is 0 Å². The first kappa shape index (κ1) is 19.8. The van der Waals surface area contributed by atoms with Gasteiger partial charge in [0.15, 0.2) is 0 Å². The molecule has 3 N–H and O–H groups in total. The van der Waals surface area contributed by atoms with Crippen LogP contribution in [0.4, 0.5) is 21.9 Å². The molecule has 0 spiro atoms. The number of hydrogen-bond donors (Lipinski definition) is 3. The molecule has 0 saturated heterocycles. The van der Waals surface area contributed by atoms with E-state index in [1.165, 1.54) is 0 Å². The van der Waals surface area contributed by atoms with Gasteiger partial charge in [0.25, 0.3) is 5.91 Å². The lowest BCUT2D eigenvalue weighted by molar-refractivity contribution is -0.140. The zero-order valence-electron chi connectivity index (χ0n) is 15.1. The average Bonchev–Trinajstić information content (AvgIpc) is 2.67. The molecule has 0 fully saturated rings. The minimum atomic E-state index is -0.548. The van der Waals surface area contributed by atoms with E-state index < -0.39 is 6.09 Å². The Morgan fingerprint density at radius 2 is 1.37 bits per heavy atom. The highest BCUT2D eigenvalue weighted by Crippen LogP contribution is 2.16. The maximum Gasteiger partial charge on any atom is 0.411 e. The van der Waals surface area contributed by atoms with Crippen LogP contribution in [0.3, 0.4) is 0 Å². The van der Waals surface area contributed by atoms with Gasteiger partial charge < -0.3 is 14.9 Å². The summed E-state index contributed by atoms with van der Waals surface area (Å²) in [6, 6.07) is 13.1. The molecule has 2 rings (SSSR count). The van der Waals surface area contributed by atoms with Crippen LogP contribution in [0.2, 0.25) is 0 Å². The summed E-state index contributed by atoms with van der Waals surface area (Å²) >= 11 is 0. The topological polar surface area (TPSA) is 106 Å². The van der Waals surface area contributed by atoms with E-state index in [4.69, 9.17) is 9.57 Å². The molecule has 0 saturated carbocycles. The predicted molar refractivity (Wildman–Crippen MR) is 101 cm³/mol. The number of nitrogens with one attached hydrogen (secondary N) is 3. The van der Waals surface area contributed by atoms with Crippen molar-refractivity contribution in [3.63, 3.8) is 0 Å². The van der Waals surface area contributed by atoms with Crippen molar-refractivity contribution in [1.82, 2.24) is 0 Å². The first-order valence-corrected chi connectivity index (χ1v) is 8.42. The number of amides is 2. The van der Waals surface area contributed by atoms with Crippen LogP contribution in [0.1, 0.15) is 30.6 Å². The molecule has 0 aliphatic carbocycles. The number of carbonyl (C=O) groups excluding carboxylic acids is 3. The summed E-state index contributed by atoms with van der Waals surface area (Å²) in [4.78, 5) is 39.5. The molecule has 0 bridgehead atoms. The molecule has 0 radical (unpaired) electrons. The van der Waals surface area contributed by atoms with E-state index in [2.05, 4.69) is 16.1 Å². The highest BCUT2D eigenvalue weighted by atomic mass is 16.7. The molecule has 0 unspecified atom stereocenters. The Balaban J connectivity index is 1.90. The number of ether oxygens (including phenoxy) is 1. The molecule has 0 aliphatic heterocycles. The van der Waals surface area contributed by atoms with Gasteiger partial charge in [-0.2, -0.15) is 0 Å². The third kappa shape index (κ3) is 6.35. The molecule has 2 aromatic carbocycles. The summed E-state index contributed by atoms with van der Waals surface area (Å²) in [6.45, 7) is 3.69. The van der Waals surface area contributed by atoms with Crippen molar-refractivity contribution in [2.45, 2.75) is 20.3 Å². The Morgan fingerprint density at radius 1 is 0.815 bits per heavy atom. The molecule has 0 aliphatic rings. The fourth-order valence-electron chi connectivity index (χ4n) is 2.00. The van der Waals surface area contributed by atoms with E-state index in [0.717, 1.165) is 0 Å². The van der Waals surface area contributed by atoms with Gasteiger partial charge in [0.05, 0.1) is 12.3 Å². The van der Waals surface area contributed by atoms with E-state index in [-0.39, 0.29) is 24.9 Å². The third-order valence-electron chi connectivity index (χ3n) is 3.38. The van der Waals surface area contributed by atoms with E-state index >= 15 is 0 Å². The minimum Gasteiger partial charge on any atom is -0.450 e. The summed E-state index contributed by atoms with van der Waals surface area (Å²) in [7, 11) is 0. The molecule has 0 aromatic heterocycles. The van der Waals surface area contributed by atoms with Gasteiger partial charge >= 0.3 is 12.1 Å². The van der Waals surface area contributed by atoms with Gasteiger partial charge in [0.1, 0.15) is 0 Å². The largest absolute Gasteiger partial charge is 0.450 e. The lowest BCUT2D eigenvalue weighted by Crippen LogP contribution is -2.14. The van der Waals surface area contributed by atoms with Crippen molar-refractivity contribution in [1.29, 1.82) is 0 Å². The Hall–Kier alpha value is -3.55. The number of benzene rings is 2. The van der Waals surface area contributed by atoms with Crippen molar-refractivity contribution < 1.29 is 24.0 Å². The van der Waals surface area contributed by atoms with Gasteiger partial charge in [-0.15, -0.1) is 0 Å². The van der Waals surface area contributed by atoms with Gasteiger partial charge in [-0.3, -0.25) is 10.1 Å². The van der Waals surface area contributed by atoms with E-state index in [9.17, 15) is 14.4 Å². The van der Waals surface area contributed by atoms with E-state index in [0.29, 0.717) is 22.6 Å². The average molecular weight is 371 g/mol. The highest BCUT2D eigenvalue weighted by molar-refractivity contribution is 6.04. The third-order valence-corrected chi connectivity index (χ3v) is 3.38. The standard InChI is InChI=1S/C19H21N3O5/c1-3-17(23)27-22-16-11-9-14(10-12-16)20-18(24)13-5-7-15(8-6-13)21-19(25)26-4-2/h5-12,22H,3-4H2,1-2H3,(H,20,24)(H,21,25). The summed E-state index contributed by atoms with van der Waals surface area (Å²) in [5.41, 5.74) is 4.67. The summed E-state index contributed by atoms with van der Waals surface area (Å²) in [6.07, 6.45) is -0.275. The van der Waals surface area contributed by atoms with Gasteiger partial charge in [-0.1, -0.05) is 6.92 Å². The zero-order valence-corrected chi connectivity index (χ0v) is 15.1. The summed E-state index contributed by atoms with van der Waals surface area (Å²) in [5, 5.41) is 5.31. The van der Waals surface area contributed by atoms with Crippen molar-refractivity contribution in [3.05, 3.63) is 54.1 Å². The van der Waals surface area contributed by atoms with E-state index in [1.54, 1.807) is 62.4 Å². The van der Waals surface area contributed by atoms with Crippen LogP contribution in [-0.2, 0) is 14.4 Å². The fourth-order valence-corrected chi connectivity index (χ4v) is 2.00. The van der Waals surface area contributed by atoms with Crippen LogP contribution in [-0.4, -0.2) is 24.6 Å². The van der Waals surface area contributed by atoms with Crippen molar-refractivity contribution in [2.75, 3.05) is 22.7 Å². The number of hydrogen-bond acceptors (Lipinski definition) is 6. The molecule has 2 aromatic rings. The fraction of sp³-hybridized carbons (Fsp3) is 0.211. The Kier molecular flexibility index (Phi) is 7.18. The normalized spacial score (nSPS) is 9.85. The van der Waals surface area contributed by atoms with Crippen LogP contribution >= 0.6 is 0 Å². The Morgan fingerprint density at radius 3 is 1.96 bits per heavy atom. The second kappa shape index (κ2) is 9.81. The highest BCUT2D eigenvalue weighted by Gasteiger charge is 2.08. The van der Waals surface area contributed by atoms with Crippen LogP contribution in [0.25, 0.3) is 0 Å². The number of rotatable bonds is 7. The maximum absolute atomic E-state index is 12.3. The molecule has 8 heteroatoms. The van der Waals surface area contributed by atoms with Crippen LogP contribution in [0.15, 0.2) is 48.5 Å². The molecule has 0 atom stereocenters. The van der Waals surface area contributed by atoms with Gasteiger partial charge in [-0.25, -0.2) is 15.1 Å². The van der Waals surface area contributed by atoms with Crippen molar-refractivity contribution in [3.8, 4) is 0 Å². The van der Waals surface area contributed by atoms with Gasteiger partial charge in [0, 0.05) is 23.4 Å². The van der Waals surface area contributed by atoms with Crippen molar-refractivity contribution in [2.24, 2.45) is 0 Å². The first-order chi connectivity index (χ1) is 13.0. The lowest BCUT2D eigenvalue weighted by atomic mass is 10.2. The SMILES string of the molecule is CCOC(=O)Nc1ccc(C(=O)Nc2ccc(NOC(=O)CC)cc2)cc1. The molecular formula is C19H21N3O5. The lowest BCUT2D eigenvalue weighted by Gasteiger charge is -2.09. The first-order valence-electron chi connectivity index (χ1n) is 8.42. The summed E-state index contributed by atoms with van der Waals surface area (Å²) < 4.78 is 4.79. The number of carbonyl (C=O) groups is 3. The second-order valence-corrected chi connectivity index (χ2v) is 5.38. The predicted octanol–water partition coefficient (Wildman–Crippen LogP) is 3.79. The van der Waals surface area contributed by atoms with Gasteiger partial charge in [-0.05, 0) is 55.5 Å². The molecule has 142 valence electrons. The van der Waals surface area contributed by atoms with Crippen molar-refractivity contribution >= 4 is 35.0 Å². The monoisotopic (exact) mass is 371 g/mol. The molecule has 27 heavy (non-hydrogen) atoms. The van der Waals surface area contributed by atoms with E-state index in [1.807, 2.05) is 0 Å². The quantitative estimate of drug-likeness (QED) is 0.640.